The van der Waals surface area contributed by atoms with E-state index in [1.807, 2.05) is 35.0 Å². The molecule has 4 aromatic rings. The molecule has 0 radical (unpaired) electrons. The van der Waals surface area contributed by atoms with Crippen LogP contribution < -0.4 is 5.32 Å². The minimum atomic E-state index is -0.172. The van der Waals surface area contributed by atoms with Crippen LogP contribution in [0.3, 0.4) is 0 Å². The highest BCUT2D eigenvalue weighted by Gasteiger charge is 2.27. The number of hydrogen-bond acceptors (Lipinski definition) is 5. The number of carbonyl (C=O) groups excluding carboxylic acids is 1. The van der Waals surface area contributed by atoms with E-state index in [9.17, 15) is 4.79 Å². The quantitative estimate of drug-likeness (QED) is 0.557. The Hall–Kier alpha value is -3.81. The molecule has 1 N–H and O–H groups in total. The van der Waals surface area contributed by atoms with Gasteiger partial charge >= 0.3 is 0 Å². The fourth-order valence-electron chi connectivity index (χ4n) is 3.97. The number of pyridine rings is 1. The van der Waals surface area contributed by atoms with Gasteiger partial charge in [-0.05, 0) is 43.9 Å². The molecule has 0 unspecified atom stereocenters. The van der Waals surface area contributed by atoms with Crippen LogP contribution in [-0.2, 0) is 19.4 Å². The summed E-state index contributed by atoms with van der Waals surface area (Å²) >= 11 is 0. The van der Waals surface area contributed by atoms with E-state index < -0.39 is 0 Å². The molecular weight excluding hydrogens is 378 g/mol. The number of para-hydroxylation sites is 1. The number of aromatic nitrogens is 6. The SMILES string of the molecule is Cc1ccccc1-n1nc(C(=O)NCc2cccnc2-n2cncn2)c2c1CCC2. The molecule has 0 spiro atoms. The Labute approximate surface area is 173 Å². The molecule has 1 aliphatic carbocycles. The standard InChI is InChI=1S/C22H21N7O/c1-15-6-2-3-9-18(15)29-19-10-4-8-17(19)20(27-29)22(30)25-12-16-7-5-11-24-21(16)28-14-23-13-26-28/h2-3,5-7,9,11,13-14H,4,8,10,12H2,1H3,(H,25,30). The van der Waals surface area contributed by atoms with Crippen LogP contribution in [0.15, 0.2) is 55.2 Å². The first-order valence-corrected chi connectivity index (χ1v) is 9.96. The van der Waals surface area contributed by atoms with Crippen molar-refractivity contribution in [2.24, 2.45) is 0 Å². The molecule has 1 amide bonds. The van der Waals surface area contributed by atoms with Gasteiger partial charge in [0.15, 0.2) is 11.5 Å². The van der Waals surface area contributed by atoms with Crippen molar-refractivity contribution < 1.29 is 4.79 Å². The van der Waals surface area contributed by atoms with Gasteiger partial charge in [0.05, 0.1) is 5.69 Å². The molecule has 1 aromatic carbocycles. The Bertz CT molecular complexity index is 1210. The Morgan fingerprint density at radius 1 is 1.17 bits per heavy atom. The van der Waals surface area contributed by atoms with Gasteiger partial charge in [0.1, 0.15) is 12.7 Å². The van der Waals surface area contributed by atoms with Crippen LogP contribution in [0.4, 0.5) is 0 Å². The summed E-state index contributed by atoms with van der Waals surface area (Å²) in [4.78, 5) is 21.4. The monoisotopic (exact) mass is 399 g/mol. The number of hydrogen-bond donors (Lipinski definition) is 1. The zero-order valence-electron chi connectivity index (χ0n) is 16.6. The average molecular weight is 399 g/mol. The molecule has 0 bridgehead atoms. The molecule has 3 aromatic heterocycles. The predicted octanol–water partition coefficient (Wildman–Crippen LogP) is 2.58. The van der Waals surface area contributed by atoms with Crippen LogP contribution in [0, 0.1) is 6.92 Å². The van der Waals surface area contributed by atoms with Gasteiger partial charge in [-0.25, -0.2) is 19.3 Å². The van der Waals surface area contributed by atoms with Gasteiger partial charge in [-0.2, -0.15) is 10.2 Å². The highest BCUT2D eigenvalue weighted by molar-refractivity contribution is 5.94. The van der Waals surface area contributed by atoms with Crippen LogP contribution in [0.2, 0.25) is 0 Å². The molecule has 1 aliphatic rings. The third-order valence-electron chi connectivity index (χ3n) is 5.43. The van der Waals surface area contributed by atoms with E-state index in [1.165, 1.54) is 6.33 Å². The van der Waals surface area contributed by atoms with Crippen molar-refractivity contribution in [1.29, 1.82) is 0 Å². The normalized spacial score (nSPS) is 12.7. The minimum absolute atomic E-state index is 0.172. The summed E-state index contributed by atoms with van der Waals surface area (Å²) in [5, 5.41) is 11.9. The van der Waals surface area contributed by atoms with E-state index in [1.54, 1.807) is 17.2 Å². The maximum Gasteiger partial charge on any atom is 0.272 e. The Kier molecular flexibility index (Phi) is 4.59. The molecule has 0 saturated carbocycles. The summed E-state index contributed by atoms with van der Waals surface area (Å²) in [6, 6.07) is 11.9. The van der Waals surface area contributed by atoms with Crippen molar-refractivity contribution in [3.8, 4) is 11.5 Å². The predicted molar refractivity (Wildman–Crippen MR) is 111 cm³/mol. The van der Waals surface area contributed by atoms with Crippen LogP contribution in [0.1, 0.15) is 39.3 Å². The second-order valence-corrected chi connectivity index (χ2v) is 7.33. The van der Waals surface area contributed by atoms with Gasteiger partial charge in [-0.3, -0.25) is 4.79 Å². The summed E-state index contributed by atoms with van der Waals surface area (Å²) < 4.78 is 3.53. The topological polar surface area (TPSA) is 90.5 Å². The Morgan fingerprint density at radius 2 is 2.07 bits per heavy atom. The second kappa shape index (κ2) is 7.55. The van der Waals surface area contributed by atoms with E-state index in [4.69, 9.17) is 5.10 Å². The van der Waals surface area contributed by atoms with Crippen LogP contribution in [-0.4, -0.2) is 35.4 Å². The Balaban J connectivity index is 1.42. The molecule has 3 heterocycles. The lowest BCUT2D eigenvalue weighted by Gasteiger charge is -2.09. The fourth-order valence-corrected chi connectivity index (χ4v) is 3.97. The number of rotatable bonds is 5. The molecule has 0 fully saturated rings. The van der Waals surface area contributed by atoms with Crippen molar-refractivity contribution in [3.05, 3.63) is 83.3 Å². The van der Waals surface area contributed by atoms with Crippen molar-refractivity contribution in [2.45, 2.75) is 32.7 Å². The molecule has 150 valence electrons. The van der Waals surface area contributed by atoms with Gasteiger partial charge in [-0.15, -0.1) is 0 Å². The lowest BCUT2D eigenvalue weighted by atomic mass is 10.1. The number of benzene rings is 1. The summed E-state index contributed by atoms with van der Waals surface area (Å²) in [6.45, 7) is 2.39. The number of amides is 1. The zero-order chi connectivity index (χ0) is 20.5. The molecule has 30 heavy (non-hydrogen) atoms. The third-order valence-corrected chi connectivity index (χ3v) is 5.43. The molecule has 0 saturated heterocycles. The van der Waals surface area contributed by atoms with E-state index in [-0.39, 0.29) is 5.91 Å². The molecular formula is C22H21N7O. The summed E-state index contributed by atoms with van der Waals surface area (Å²) in [6.07, 6.45) is 7.59. The average Bonchev–Trinajstić information content (AvgIpc) is 3.51. The fraction of sp³-hybridized carbons (Fsp3) is 0.227. The smallest absolute Gasteiger partial charge is 0.272 e. The maximum atomic E-state index is 13.1. The zero-order valence-corrected chi connectivity index (χ0v) is 16.6. The summed E-state index contributed by atoms with van der Waals surface area (Å²) in [5.74, 6) is 0.472. The highest BCUT2D eigenvalue weighted by atomic mass is 16.2. The first-order chi connectivity index (χ1) is 14.7. The van der Waals surface area contributed by atoms with Crippen molar-refractivity contribution in [2.75, 3.05) is 0 Å². The lowest BCUT2D eigenvalue weighted by molar-refractivity contribution is 0.0944. The largest absolute Gasteiger partial charge is 0.346 e. The van der Waals surface area contributed by atoms with Gasteiger partial charge in [0.25, 0.3) is 5.91 Å². The van der Waals surface area contributed by atoms with Crippen molar-refractivity contribution in [3.63, 3.8) is 0 Å². The number of nitrogens with zero attached hydrogens (tertiary/aromatic N) is 6. The Morgan fingerprint density at radius 3 is 2.90 bits per heavy atom. The van der Waals surface area contributed by atoms with Crippen LogP contribution in [0.5, 0.6) is 0 Å². The van der Waals surface area contributed by atoms with E-state index in [0.717, 1.165) is 47.3 Å². The van der Waals surface area contributed by atoms with Gasteiger partial charge < -0.3 is 5.32 Å². The van der Waals surface area contributed by atoms with Gasteiger partial charge in [0.2, 0.25) is 0 Å². The third kappa shape index (κ3) is 3.16. The summed E-state index contributed by atoms with van der Waals surface area (Å²) in [7, 11) is 0. The number of aryl methyl sites for hydroxylation is 1. The van der Waals surface area contributed by atoms with E-state index in [2.05, 4.69) is 33.4 Å². The van der Waals surface area contributed by atoms with Crippen LogP contribution >= 0.6 is 0 Å². The van der Waals surface area contributed by atoms with Crippen LogP contribution in [0.25, 0.3) is 11.5 Å². The molecule has 8 nitrogen and oxygen atoms in total. The lowest BCUT2D eigenvalue weighted by Crippen LogP contribution is -2.25. The second-order valence-electron chi connectivity index (χ2n) is 7.33. The number of carbonyl (C=O) groups is 1. The maximum absolute atomic E-state index is 13.1. The van der Waals surface area contributed by atoms with E-state index in [0.29, 0.717) is 18.1 Å². The molecule has 8 heteroatoms. The first kappa shape index (κ1) is 18.2. The number of fused-ring (bicyclic) bond motifs is 1. The highest BCUT2D eigenvalue weighted by Crippen LogP contribution is 2.28. The molecule has 0 aliphatic heterocycles. The van der Waals surface area contributed by atoms with Crippen molar-refractivity contribution >= 4 is 5.91 Å². The van der Waals surface area contributed by atoms with E-state index >= 15 is 0 Å². The molecule has 0 atom stereocenters. The molecule has 5 rings (SSSR count). The van der Waals surface area contributed by atoms with Gasteiger partial charge in [-0.1, -0.05) is 24.3 Å². The van der Waals surface area contributed by atoms with Crippen molar-refractivity contribution in [1.82, 2.24) is 34.8 Å². The first-order valence-electron chi connectivity index (χ1n) is 9.96. The number of nitrogens with one attached hydrogen (secondary N) is 1. The van der Waals surface area contributed by atoms with Gasteiger partial charge in [0, 0.05) is 29.6 Å². The minimum Gasteiger partial charge on any atom is -0.346 e. The summed E-state index contributed by atoms with van der Waals surface area (Å²) in [5.41, 5.74) is 5.71.